The van der Waals surface area contributed by atoms with Crippen molar-refractivity contribution in [1.29, 1.82) is 0 Å². The van der Waals surface area contributed by atoms with Crippen molar-refractivity contribution in [2.75, 3.05) is 37.6 Å². The summed E-state index contributed by atoms with van der Waals surface area (Å²) in [5, 5.41) is 2.80. The van der Waals surface area contributed by atoms with Gasteiger partial charge in [-0.2, -0.15) is 0 Å². The third-order valence-corrected chi connectivity index (χ3v) is 4.29. The van der Waals surface area contributed by atoms with Crippen LogP contribution in [0, 0.1) is 5.82 Å². The second-order valence-corrected chi connectivity index (χ2v) is 5.97. The lowest BCUT2D eigenvalue weighted by Gasteiger charge is -2.35. The highest BCUT2D eigenvalue weighted by atomic mass is 19.1. The summed E-state index contributed by atoms with van der Waals surface area (Å²) >= 11 is 0. The van der Waals surface area contributed by atoms with Gasteiger partial charge in [-0.3, -0.25) is 9.69 Å². The first-order valence-electron chi connectivity index (χ1n) is 8.25. The van der Waals surface area contributed by atoms with Crippen LogP contribution in [-0.4, -0.2) is 43.5 Å². The topological polar surface area (TPSA) is 35.6 Å². The number of piperazine rings is 1. The van der Waals surface area contributed by atoms with Crippen LogP contribution in [0.3, 0.4) is 0 Å². The standard InChI is InChI=1S/C19H22FN3O/c20-18-9-5-4-6-16(18)14-21-19(24)15-22-10-12-23(13-11-22)17-7-2-1-3-8-17/h1-9H,10-15H2,(H,21,24). The number of carbonyl (C=O) groups excluding carboxylic acids is 1. The minimum Gasteiger partial charge on any atom is -0.369 e. The number of hydrogen-bond donors (Lipinski definition) is 1. The summed E-state index contributed by atoms with van der Waals surface area (Å²) in [5.41, 5.74) is 1.74. The molecule has 1 fully saturated rings. The zero-order valence-corrected chi connectivity index (χ0v) is 13.6. The van der Waals surface area contributed by atoms with Crippen LogP contribution in [-0.2, 0) is 11.3 Å². The predicted molar refractivity (Wildman–Crippen MR) is 93.3 cm³/mol. The monoisotopic (exact) mass is 327 g/mol. The lowest BCUT2D eigenvalue weighted by molar-refractivity contribution is -0.122. The Balaban J connectivity index is 1.43. The molecule has 0 unspecified atom stereocenters. The number of rotatable bonds is 5. The van der Waals surface area contributed by atoms with E-state index >= 15 is 0 Å². The molecule has 1 saturated heterocycles. The van der Waals surface area contributed by atoms with Gasteiger partial charge in [0.25, 0.3) is 0 Å². The van der Waals surface area contributed by atoms with Gasteiger partial charge in [-0.05, 0) is 18.2 Å². The Labute approximate surface area is 141 Å². The Hall–Kier alpha value is -2.40. The Kier molecular flexibility index (Phi) is 5.43. The molecule has 0 atom stereocenters. The van der Waals surface area contributed by atoms with Gasteiger partial charge in [-0.1, -0.05) is 36.4 Å². The Bertz CT molecular complexity index is 669. The van der Waals surface area contributed by atoms with Crippen molar-refractivity contribution < 1.29 is 9.18 Å². The largest absolute Gasteiger partial charge is 0.369 e. The van der Waals surface area contributed by atoms with Crippen LogP contribution in [0.2, 0.25) is 0 Å². The number of benzene rings is 2. The molecule has 0 aliphatic carbocycles. The molecule has 3 rings (SSSR count). The number of para-hydroxylation sites is 1. The second kappa shape index (κ2) is 7.93. The first kappa shape index (κ1) is 16.5. The van der Waals surface area contributed by atoms with E-state index in [4.69, 9.17) is 0 Å². The highest BCUT2D eigenvalue weighted by Crippen LogP contribution is 2.15. The third-order valence-electron chi connectivity index (χ3n) is 4.29. The number of nitrogens with one attached hydrogen (secondary N) is 1. The number of hydrogen-bond acceptors (Lipinski definition) is 3. The molecule has 0 bridgehead atoms. The molecule has 126 valence electrons. The van der Waals surface area contributed by atoms with Gasteiger partial charge in [-0.25, -0.2) is 4.39 Å². The SMILES string of the molecule is O=C(CN1CCN(c2ccccc2)CC1)NCc1ccccc1F. The lowest BCUT2D eigenvalue weighted by atomic mass is 10.2. The number of anilines is 1. The van der Waals surface area contributed by atoms with Gasteiger partial charge in [0, 0.05) is 44.0 Å². The highest BCUT2D eigenvalue weighted by Gasteiger charge is 2.19. The maximum Gasteiger partial charge on any atom is 0.234 e. The van der Waals surface area contributed by atoms with E-state index < -0.39 is 0 Å². The Morgan fingerprint density at radius 2 is 1.62 bits per heavy atom. The summed E-state index contributed by atoms with van der Waals surface area (Å²) < 4.78 is 13.5. The first-order chi connectivity index (χ1) is 11.7. The molecule has 1 amide bonds. The summed E-state index contributed by atoms with van der Waals surface area (Å²) in [5.74, 6) is -0.347. The molecule has 0 saturated carbocycles. The summed E-state index contributed by atoms with van der Waals surface area (Å²) in [4.78, 5) is 16.5. The maximum atomic E-state index is 13.5. The second-order valence-electron chi connectivity index (χ2n) is 5.97. The molecule has 1 N–H and O–H groups in total. The number of carbonyl (C=O) groups is 1. The van der Waals surface area contributed by atoms with Gasteiger partial charge in [0.15, 0.2) is 0 Å². The van der Waals surface area contributed by atoms with E-state index in [-0.39, 0.29) is 18.3 Å². The molecule has 0 aromatic heterocycles. The van der Waals surface area contributed by atoms with Crippen LogP contribution in [0.4, 0.5) is 10.1 Å². The van der Waals surface area contributed by atoms with Crippen LogP contribution in [0.1, 0.15) is 5.56 Å². The van der Waals surface area contributed by atoms with Gasteiger partial charge in [0.05, 0.1) is 6.54 Å². The fourth-order valence-electron chi connectivity index (χ4n) is 2.90. The molecule has 1 heterocycles. The van der Waals surface area contributed by atoms with Crippen molar-refractivity contribution in [1.82, 2.24) is 10.2 Å². The zero-order chi connectivity index (χ0) is 16.8. The molecule has 4 nitrogen and oxygen atoms in total. The fourth-order valence-corrected chi connectivity index (χ4v) is 2.90. The maximum absolute atomic E-state index is 13.5. The molecular formula is C19H22FN3O. The average Bonchev–Trinajstić information content (AvgIpc) is 2.62. The quantitative estimate of drug-likeness (QED) is 0.915. The molecule has 1 aliphatic rings. The third kappa shape index (κ3) is 4.32. The molecule has 0 spiro atoms. The van der Waals surface area contributed by atoms with Crippen LogP contribution in [0.5, 0.6) is 0 Å². The van der Waals surface area contributed by atoms with Crippen LogP contribution < -0.4 is 10.2 Å². The smallest absolute Gasteiger partial charge is 0.234 e. The summed E-state index contributed by atoms with van der Waals surface area (Å²) in [6.07, 6.45) is 0. The molecule has 1 aliphatic heterocycles. The van der Waals surface area contributed by atoms with E-state index in [0.29, 0.717) is 12.1 Å². The summed E-state index contributed by atoms with van der Waals surface area (Å²) in [7, 11) is 0. The fraction of sp³-hybridized carbons (Fsp3) is 0.316. The molecule has 5 heteroatoms. The van der Waals surface area contributed by atoms with Crippen molar-refractivity contribution in [3.8, 4) is 0 Å². The Morgan fingerprint density at radius 1 is 0.958 bits per heavy atom. The minimum atomic E-state index is -0.283. The molecular weight excluding hydrogens is 305 g/mol. The number of halogens is 1. The molecule has 0 radical (unpaired) electrons. The van der Waals surface area contributed by atoms with Crippen molar-refractivity contribution in [2.24, 2.45) is 0 Å². The Morgan fingerprint density at radius 3 is 2.33 bits per heavy atom. The van der Waals surface area contributed by atoms with Crippen LogP contribution in [0.25, 0.3) is 0 Å². The van der Waals surface area contributed by atoms with Crippen molar-refractivity contribution in [3.05, 3.63) is 66.0 Å². The number of nitrogens with zero attached hydrogens (tertiary/aromatic N) is 2. The summed E-state index contributed by atoms with van der Waals surface area (Å²) in [6.45, 7) is 4.10. The van der Waals surface area contributed by atoms with E-state index in [9.17, 15) is 9.18 Å². The molecule has 24 heavy (non-hydrogen) atoms. The molecule has 2 aromatic carbocycles. The van der Waals surface area contributed by atoms with Crippen molar-refractivity contribution >= 4 is 11.6 Å². The predicted octanol–water partition coefficient (Wildman–Crippen LogP) is 2.26. The van der Waals surface area contributed by atoms with Gasteiger partial charge in [-0.15, -0.1) is 0 Å². The normalized spacial score (nSPS) is 15.3. The van der Waals surface area contributed by atoms with Crippen LogP contribution in [0.15, 0.2) is 54.6 Å². The van der Waals surface area contributed by atoms with E-state index in [2.05, 4.69) is 27.2 Å². The van der Waals surface area contributed by atoms with E-state index in [0.717, 1.165) is 26.2 Å². The van der Waals surface area contributed by atoms with Gasteiger partial charge >= 0.3 is 0 Å². The van der Waals surface area contributed by atoms with Crippen molar-refractivity contribution in [2.45, 2.75) is 6.54 Å². The summed E-state index contributed by atoms with van der Waals surface area (Å²) in [6, 6.07) is 16.8. The van der Waals surface area contributed by atoms with Gasteiger partial charge in [0.2, 0.25) is 5.91 Å². The lowest BCUT2D eigenvalue weighted by Crippen LogP contribution is -2.49. The van der Waals surface area contributed by atoms with E-state index in [1.807, 2.05) is 18.2 Å². The zero-order valence-electron chi connectivity index (χ0n) is 13.6. The first-order valence-corrected chi connectivity index (χ1v) is 8.25. The molecule has 2 aromatic rings. The van der Waals surface area contributed by atoms with E-state index in [1.54, 1.807) is 18.2 Å². The minimum absolute atomic E-state index is 0.0635. The average molecular weight is 327 g/mol. The van der Waals surface area contributed by atoms with E-state index in [1.165, 1.54) is 11.8 Å². The van der Waals surface area contributed by atoms with Gasteiger partial charge < -0.3 is 10.2 Å². The van der Waals surface area contributed by atoms with Crippen molar-refractivity contribution in [3.63, 3.8) is 0 Å². The van der Waals surface area contributed by atoms with Gasteiger partial charge in [0.1, 0.15) is 5.82 Å². The van der Waals surface area contributed by atoms with Crippen LogP contribution >= 0.6 is 0 Å². The highest BCUT2D eigenvalue weighted by molar-refractivity contribution is 5.78. The number of amides is 1.